The fourth-order valence-electron chi connectivity index (χ4n) is 10.5. The molecular weight excluding hydrogens is 1140 g/mol. The number of unbranched alkanes of at least 4 members (excludes halogenated alkanes) is 3. The number of aliphatic hydroxyl groups excluding tert-OH is 1. The number of rotatable bonds is 16. The second-order valence-electron chi connectivity index (χ2n) is 24.6. The number of amides is 1. The molecule has 1 saturated carbocycles. The summed E-state index contributed by atoms with van der Waals surface area (Å²) in [5, 5.41) is 11.8. The Labute approximate surface area is 500 Å². The van der Waals surface area contributed by atoms with Gasteiger partial charge in [-0.1, -0.05) is 59.1 Å². The number of hydrogen-bond acceptors (Lipinski definition) is 14. The first-order valence-electron chi connectivity index (χ1n) is 30.9. The molecule has 0 spiro atoms. The molecule has 4 N–H and O–H groups in total. The number of nitrogen functional groups attached to an aromatic ring is 1. The van der Waals surface area contributed by atoms with Crippen LogP contribution in [0.5, 0.6) is 0 Å². The number of ether oxygens (including phenoxy) is 2. The number of carbonyl (C=O) groups excluding carboxylic acids is 5. The third kappa shape index (κ3) is 27.7. The summed E-state index contributed by atoms with van der Waals surface area (Å²) in [6.45, 7) is 32.4. The minimum Gasteiger partial charge on any atom is -0.466 e. The molecule has 2 aromatic carbocycles. The van der Waals surface area contributed by atoms with Crippen molar-refractivity contribution in [1.29, 1.82) is 0 Å². The molecular formula is C64H112AlN5O10Sn. The second kappa shape index (κ2) is 39.8. The third-order valence-corrected chi connectivity index (χ3v) is 25.4. The van der Waals surface area contributed by atoms with Crippen LogP contribution >= 0.6 is 0 Å². The van der Waals surface area contributed by atoms with E-state index in [0.29, 0.717) is 56.1 Å². The average molecular weight is 1260 g/mol. The molecule has 1 amide bonds. The molecule has 2 saturated heterocycles. The van der Waals surface area contributed by atoms with Gasteiger partial charge in [-0.05, 0) is 128 Å². The molecule has 7 rings (SSSR count). The van der Waals surface area contributed by atoms with E-state index in [-0.39, 0.29) is 55.4 Å². The second-order valence-corrected chi connectivity index (χ2v) is 37.3. The van der Waals surface area contributed by atoms with Crippen molar-refractivity contribution in [3.63, 3.8) is 0 Å². The molecule has 4 aliphatic heterocycles. The minimum absolute atomic E-state index is 0.0137. The molecule has 2 atom stereocenters. The maximum absolute atomic E-state index is 12.0. The fourth-order valence-corrected chi connectivity index (χ4v) is 20.6. The summed E-state index contributed by atoms with van der Waals surface area (Å²) in [6, 6.07) is 14.7. The van der Waals surface area contributed by atoms with Crippen molar-refractivity contribution in [1.82, 2.24) is 0 Å². The predicted molar refractivity (Wildman–Crippen MR) is 339 cm³/mol. The number of esters is 1. The Bertz CT molecular complexity index is 2150. The number of nitrogens with two attached hydrogens (primary N) is 1. The molecule has 460 valence electrons. The normalized spacial score (nSPS) is 18.2. The molecule has 2 unspecified atom stereocenters. The Kier molecular flexibility index (Phi) is 37.0. The van der Waals surface area contributed by atoms with Crippen LogP contribution in [0.1, 0.15) is 217 Å². The van der Waals surface area contributed by atoms with Crippen LogP contribution in [-0.4, -0.2) is 125 Å². The first-order chi connectivity index (χ1) is 38.2. The molecule has 17 heteroatoms. The number of isocyanates is 1. The van der Waals surface area contributed by atoms with Gasteiger partial charge in [0.25, 0.3) is 14.1 Å². The first kappa shape index (κ1) is 75.4. The number of nitrogens with zero attached hydrogens (tertiary/aromatic N) is 3. The van der Waals surface area contributed by atoms with Crippen molar-refractivity contribution in [3.05, 3.63) is 47.5 Å². The number of benzene rings is 2. The van der Waals surface area contributed by atoms with Crippen LogP contribution in [0.15, 0.2) is 41.4 Å². The van der Waals surface area contributed by atoms with E-state index < -0.39 is 19.2 Å². The van der Waals surface area contributed by atoms with E-state index in [1.807, 2.05) is 12.1 Å². The molecule has 81 heavy (non-hydrogen) atoms. The van der Waals surface area contributed by atoms with Crippen LogP contribution in [0.4, 0.5) is 22.7 Å². The molecule has 5 aliphatic rings. The van der Waals surface area contributed by atoms with Crippen LogP contribution in [0, 0.1) is 0 Å². The number of anilines is 4. The minimum atomic E-state index is -3.49. The van der Waals surface area contributed by atoms with Gasteiger partial charge in [-0.15, -0.1) is 17.4 Å². The number of carbonyl (C=O) groups is 4. The molecule has 0 radical (unpaired) electrons. The van der Waals surface area contributed by atoms with Gasteiger partial charge >= 0.3 is 115 Å². The van der Waals surface area contributed by atoms with Crippen molar-refractivity contribution < 1.29 is 44.7 Å². The van der Waals surface area contributed by atoms with Crippen LogP contribution < -0.4 is 20.9 Å². The standard InChI is InChI=1S/C19H30N2O2.C14H22N2.C7H11NO.C5H8O2.C4H8O.2C4H9.2C2H4O2.3CH3.Al.Sn/c1-13(2)21-14(3)19(4,5)16-10-9-15(12-17(16)21)20-18(23)8-6-7-11-22;1-9(2)16-10(3)14(4,5)12-7-6-11(15)8-13(12)16;9-6-8-7-4-2-1-3-5-7;6-5-3-1-2-4-7-5;1-2-4-5-3-1;2*1-3-4-2;2*1-2(3)4;;;;;/h9-10,12-14,22H,6-8,11H2,1-5H3,(H,20,23);6-10H,15H2,1-5H3;7H,1-5H2;1-4H2;1-4H2;2*1,3-4H2,2H3;2*1H3,(H,3,4);3*1H3;;/q;;;;;;;;;;;;;+2/p-2. The van der Waals surface area contributed by atoms with Crippen LogP contribution in [-0.2, 0) is 50.4 Å². The SMILES string of the molecule is C1CCOC1.CC(C)N1c2cc(N)ccc2C(C)(C)C1C.CC(C)N1c2cc(NC(=O)CCCCO)ccc2C(C)(C)C1C.CCC[CH2][Sn]([CH2]CCC)([O]C(C)=O)[O]C(C)=O.O=C1CCCCO1.O=C=NC1CCCCC1.[CH3][Al]([CH3])[CH3]. The maximum atomic E-state index is 12.0. The van der Waals surface area contributed by atoms with Gasteiger partial charge in [0, 0.05) is 90.4 Å². The molecule has 15 nitrogen and oxygen atoms in total. The van der Waals surface area contributed by atoms with Gasteiger partial charge in [0.15, 0.2) is 0 Å². The maximum Gasteiger partial charge on any atom is 0.305 e. The predicted octanol–water partition coefficient (Wildman–Crippen LogP) is 14.5. The van der Waals surface area contributed by atoms with E-state index in [2.05, 4.69) is 150 Å². The summed E-state index contributed by atoms with van der Waals surface area (Å²) >= 11 is -3.63. The van der Waals surface area contributed by atoms with Gasteiger partial charge in [0.2, 0.25) is 12.0 Å². The summed E-state index contributed by atoms with van der Waals surface area (Å²) in [5.74, 6) is 6.27. The van der Waals surface area contributed by atoms with Crippen molar-refractivity contribution >= 4 is 86.0 Å². The largest absolute Gasteiger partial charge is 0.466 e. The molecule has 2 aromatic rings. The molecule has 0 bridgehead atoms. The molecule has 0 aromatic heterocycles. The summed E-state index contributed by atoms with van der Waals surface area (Å²) in [5.41, 5.74) is 13.2. The Hall–Kier alpha value is -3.65. The van der Waals surface area contributed by atoms with E-state index >= 15 is 0 Å². The molecule has 4 heterocycles. The van der Waals surface area contributed by atoms with Crippen LogP contribution in [0.3, 0.4) is 0 Å². The number of nitrogens with one attached hydrogen (secondary N) is 1. The quantitative estimate of drug-likeness (QED) is 0.0358. The zero-order valence-electron chi connectivity index (χ0n) is 53.7. The summed E-state index contributed by atoms with van der Waals surface area (Å²) < 4.78 is 22.1. The van der Waals surface area contributed by atoms with Crippen molar-refractivity contribution in [2.24, 2.45) is 4.99 Å². The van der Waals surface area contributed by atoms with Crippen LogP contribution in [0.25, 0.3) is 0 Å². The number of hydrogen-bond donors (Lipinski definition) is 3. The Morgan fingerprint density at radius 1 is 0.765 bits per heavy atom. The zero-order chi connectivity index (χ0) is 61.3. The summed E-state index contributed by atoms with van der Waals surface area (Å²) in [7, 11) is 0. The summed E-state index contributed by atoms with van der Waals surface area (Å²) in [6.07, 6.45) is 18.6. The van der Waals surface area contributed by atoms with Crippen molar-refractivity contribution in [2.75, 3.05) is 47.3 Å². The number of fused-ring (bicyclic) bond motifs is 2. The Morgan fingerprint density at radius 3 is 1.63 bits per heavy atom. The van der Waals surface area contributed by atoms with E-state index in [1.165, 1.54) is 68.5 Å². The Morgan fingerprint density at radius 2 is 1.25 bits per heavy atom. The van der Waals surface area contributed by atoms with Gasteiger partial charge in [0.1, 0.15) is 0 Å². The van der Waals surface area contributed by atoms with E-state index in [9.17, 15) is 24.0 Å². The van der Waals surface area contributed by atoms with Crippen molar-refractivity contribution in [3.8, 4) is 0 Å². The van der Waals surface area contributed by atoms with E-state index in [4.69, 9.17) is 21.7 Å². The summed E-state index contributed by atoms with van der Waals surface area (Å²) in [4.78, 5) is 63.0. The monoisotopic (exact) mass is 1260 g/mol. The van der Waals surface area contributed by atoms with Gasteiger partial charge in [-0.2, -0.15) is 0 Å². The van der Waals surface area contributed by atoms with Crippen molar-refractivity contribution in [2.45, 2.75) is 273 Å². The zero-order valence-corrected chi connectivity index (χ0v) is 57.7. The average Bonchev–Trinajstić information content (AvgIpc) is 4.15. The topological polar surface area (TPSA) is 199 Å². The van der Waals surface area contributed by atoms with Gasteiger partial charge < -0.3 is 35.4 Å². The van der Waals surface area contributed by atoms with E-state index in [1.54, 1.807) is 6.08 Å². The van der Waals surface area contributed by atoms with Gasteiger partial charge in [-0.3, -0.25) is 9.59 Å². The number of cyclic esters (lactones) is 1. The number of aliphatic hydroxyl groups is 1. The Balaban J connectivity index is 0.000000506. The third-order valence-electron chi connectivity index (χ3n) is 15.3. The van der Waals surface area contributed by atoms with E-state index in [0.717, 1.165) is 91.2 Å². The smallest absolute Gasteiger partial charge is 0.305 e. The fraction of sp³-hybridized carbons (Fsp3) is 0.734. The van der Waals surface area contributed by atoms with Gasteiger partial charge in [-0.25, -0.2) is 9.79 Å². The molecule has 3 fully saturated rings. The van der Waals surface area contributed by atoms with Crippen LogP contribution in [0.2, 0.25) is 26.2 Å². The van der Waals surface area contributed by atoms with Gasteiger partial charge in [0.05, 0.1) is 12.6 Å². The first-order valence-corrected chi connectivity index (χ1v) is 40.7. The number of aliphatic imine (C=N–C) groups is 1. The molecule has 1 aliphatic carbocycles.